The number of hydrogen-bond acceptors (Lipinski definition) is 4. The van der Waals surface area contributed by atoms with Crippen molar-refractivity contribution in [3.05, 3.63) is 0 Å². The summed E-state index contributed by atoms with van der Waals surface area (Å²) in [4.78, 5) is 27.7. The van der Waals surface area contributed by atoms with Crippen LogP contribution in [0.5, 0.6) is 0 Å². The van der Waals surface area contributed by atoms with Gasteiger partial charge in [-0.1, -0.05) is 0 Å². The van der Waals surface area contributed by atoms with Gasteiger partial charge in [-0.05, 0) is 33.6 Å². The fraction of sp³-hybridized carbons (Fsp3) is 0.857. The molecule has 0 radical (unpaired) electrons. The predicted molar refractivity (Wildman–Crippen MR) is 71.3 cm³/mol. The summed E-state index contributed by atoms with van der Waals surface area (Å²) in [7, 11) is 0. The van der Waals surface area contributed by atoms with Gasteiger partial charge in [0.1, 0.15) is 12.2 Å². The Morgan fingerprint density at radius 1 is 1.30 bits per heavy atom. The Kier molecular flexibility index (Phi) is 3.06. The molecule has 4 saturated heterocycles. The highest BCUT2D eigenvalue weighted by Gasteiger charge is 2.48. The third kappa shape index (κ3) is 2.31. The largest absolute Gasteiger partial charge is 0.447 e. The summed E-state index contributed by atoms with van der Waals surface area (Å²) in [6.45, 7) is 7.30. The molecule has 2 bridgehead atoms. The number of carbonyl (C=O) groups is 2. The Labute approximate surface area is 119 Å². The molecule has 4 aliphatic rings. The van der Waals surface area contributed by atoms with Crippen LogP contribution in [0, 0.1) is 5.92 Å². The fourth-order valence-corrected chi connectivity index (χ4v) is 3.40. The quantitative estimate of drug-likeness (QED) is 0.680. The van der Waals surface area contributed by atoms with Gasteiger partial charge >= 0.3 is 12.2 Å². The van der Waals surface area contributed by atoms with Crippen molar-refractivity contribution in [2.45, 2.75) is 51.3 Å². The Morgan fingerprint density at radius 2 is 2.05 bits per heavy atom. The Bertz CT molecular complexity index is 431. The minimum Gasteiger partial charge on any atom is -0.447 e. The fourth-order valence-electron chi connectivity index (χ4n) is 3.40. The lowest BCUT2D eigenvalue weighted by atomic mass is 9.90. The van der Waals surface area contributed by atoms with E-state index in [1.165, 1.54) is 0 Å². The second-order valence-corrected chi connectivity index (χ2v) is 6.92. The average Bonchev–Trinajstić information content (AvgIpc) is 2.56. The lowest BCUT2D eigenvalue weighted by molar-refractivity contribution is 0.00576. The van der Waals surface area contributed by atoms with Gasteiger partial charge in [-0.2, -0.15) is 0 Å². The number of amides is 2. The van der Waals surface area contributed by atoms with Crippen molar-refractivity contribution < 1.29 is 19.1 Å². The molecule has 0 aliphatic carbocycles. The van der Waals surface area contributed by atoms with E-state index in [2.05, 4.69) is 0 Å². The molecule has 6 heteroatoms. The highest BCUT2D eigenvalue weighted by molar-refractivity contribution is 5.72. The van der Waals surface area contributed by atoms with Crippen LogP contribution in [0.25, 0.3) is 0 Å². The predicted octanol–water partition coefficient (Wildman–Crippen LogP) is 1.84. The van der Waals surface area contributed by atoms with Crippen molar-refractivity contribution >= 4 is 12.2 Å². The van der Waals surface area contributed by atoms with E-state index in [-0.39, 0.29) is 24.3 Å². The molecule has 4 aliphatic heterocycles. The first-order valence-electron chi connectivity index (χ1n) is 7.28. The van der Waals surface area contributed by atoms with E-state index in [0.29, 0.717) is 25.6 Å². The molecule has 4 rings (SSSR count). The maximum Gasteiger partial charge on any atom is 0.410 e. The van der Waals surface area contributed by atoms with Crippen LogP contribution in [-0.2, 0) is 9.47 Å². The number of rotatable bonds is 0. The van der Waals surface area contributed by atoms with E-state index >= 15 is 0 Å². The molecular formula is C14H22N2O4. The first-order valence-corrected chi connectivity index (χ1v) is 7.28. The van der Waals surface area contributed by atoms with Gasteiger partial charge in [0.15, 0.2) is 0 Å². The topological polar surface area (TPSA) is 59.1 Å². The molecule has 0 N–H and O–H groups in total. The monoisotopic (exact) mass is 282 g/mol. The molecule has 0 saturated carbocycles. The highest BCUT2D eigenvalue weighted by Crippen LogP contribution is 2.35. The van der Waals surface area contributed by atoms with E-state index in [1.54, 1.807) is 4.90 Å². The lowest BCUT2D eigenvalue weighted by Crippen LogP contribution is -2.49. The van der Waals surface area contributed by atoms with Crippen LogP contribution in [0.3, 0.4) is 0 Å². The van der Waals surface area contributed by atoms with Gasteiger partial charge in [0.2, 0.25) is 0 Å². The maximum atomic E-state index is 12.3. The molecule has 0 aromatic carbocycles. The number of nitrogens with zero attached hydrogens (tertiary/aromatic N) is 2. The summed E-state index contributed by atoms with van der Waals surface area (Å²) in [6.07, 6.45) is 1.48. The molecule has 0 unspecified atom stereocenters. The number of fused-ring (bicyclic) bond motifs is 2. The molecule has 112 valence electrons. The van der Waals surface area contributed by atoms with E-state index in [0.717, 1.165) is 12.8 Å². The smallest absolute Gasteiger partial charge is 0.410 e. The van der Waals surface area contributed by atoms with Crippen LogP contribution >= 0.6 is 0 Å². The van der Waals surface area contributed by atoms with Crippen LogP contribution in [0.15, 0.2) is 0 Å². The van der Waals surface area contributed by atoms with Crippen molar-refractivity contribution in [1.82, 2.24) is 9.80 Å². The van der Waals surface area contributed by atoms with E-state index < -0.39 is 5.60 Å². The molecule has 0 spiro atoms. The minimum atomic E-state index is -0.488. The normalized spacial score (nSPS) is 32.8. The molecule has 6 nitrogen and oxygen atoms in total. The van der Waals surface area contributed by atoms with Gasteiger partial charge in [0.25, 0.3) is 0 Å². The first-order chi connectivity index (χ1) is 9.35. The van der Waals surface area contributed by atoms with Crippen LogP contribution in [0.4, 0.5) is 9.59 Å². The van der Waals surface area contributed by atoms with Crippen LogP contribution in [-0.4, -0.2) is 59.4 Å². The van der Waals surface area contributed by atoms with E-state index in [1.807, 2.05) is 25.7 Å². The molecule has 0 aromatic rings. The van der Waals surface area contributed by atoms with Crippen molar-refractivity contribution in [1.29, 1.82) is 0 Å². The van der Waals surface area contributed by atoms with Crippen molar-refractivity contribution in [3.8, 4) is 0 Å². The van der Waals surface area contributed by atoms with Crippen molar-refractivity contribution in [2.24, 2.45) is 5.92 Å². The highest BCUT2D eigenvalue weighted by atomic mass is 16.6. The summed E-state index contributed by atoms with van der Waals surface area (Å²) in [5.74, 6) is 0.299. The number of piperidine rings is 1. The number of cyclic esters (lactones) is 1. The van der Waals surface area contributed by atoms with Crippen molar-refractivity contribution in [3.63, 3.8) is 0 Å². The molecule has 20 heavy (non-hydrogen) atoms. The van der Waals surface area contributed by atoms with Gasteiger partial charge in [0.05, 0.1) is 12.1 Å². The van der Waals surface area contributed by atoms with Crippen LogP contribution < -0.4 is 0 Å². The second-order valence-electron chi connectivity index (χ2n) is 6.92. The van der Waals surface area contributed by atoms with E-state index in [4.69, 9.17) is 9.47 Å². The zero-order chi connectivity index (χ0) is 14.5. The summed E-state index contributed by atoms with van der Waals surface area (Å²) < 4.78 is 10.6. The van der Waals surface area contributed by atoms with E-state index in [9.17, 15) is 9.59 Å². The maximum absolute atomic E-state index is 12.3. The number of carbonyl (C=O) groups excluding carboxylic acids is 2. The average molecular weight is 282 g/mol. The molecular weight excluding hydrogens is 260 g/mol. The van der Waals surface area contributed by atoms with Crippen molar-refractivity contribution in [2.75, 3.05) is 19.7 Å². The Morgan fingerprint density at radius 3 is 2.75 bits per heavy atom. The van der Waals surface area contributed by atoms with Gasteiger partial charge < -0.3 is 14.4 Å². The van der Waals surface area contributed by atoms with Gasteiger partial charge in [-0.3, -0.25) is 4.90 Å². The standard InChI is InChI=1S/C14H22N2O4/c1-14(2,3)20-13(18)15-6-9-4-5-10(15)7-16-11(9)8-19-12(16)17/h9-11H,4-8H2,1-3H3/t9-,10-,11-/m1/s1. The molecule has 2 amide bonds. The van der Waals surface area contributed by atoms with Gasteiger partial charge in [-0.25, -0.2) is 9.59 Å². The summed E-state index contributed by atoms with van der Waals surface area (Å²) in [5.41, 5.74) is -0.488. The third-order valence-corrected chi connectivity index (χ3v) is 4.33. The Balaban J connectivity index is 1.77. The minimum absolute atomic E-state index is 0.0525. The lowest BCUT2D eigenvalue weighted by Gasteiger charge is -2.37. The first kappa shape index (κ1) is 13.5. The zero-order valence-electron chi connectivity index (χ0n) is 12.3. The second kappa shape index (κ2) is 4.53. The summed E-state index contributed by atoms with van der Waals surface area (Å²) in [6, 6.07) is 0.177. The van der Waals surface area contributed by atoms with Gasteiger partial charge in [0, 0.05) is 19.0 Å². The van der Waals surface area contributed by atoms with Gasteiger partial charge in [-0.15, -0.1) is 0 Å². The molecule has 0 aromatic heterocycles. The number of ether oxygens (including phenoxy) is 2. The Hall–Kier alpha value is -1.46. The summed E-state index contributed by atoms with van der Waals surface area (Å²) in [5, 5.41) is 0. The van der Waals surface area contributed by atoms with Crippen LogP contribution in [0.2, 0.25) is 0 Å². The molecule has 3 atom stereocenters. The molecule has 4 fully saturated rings. The number of hydrogen-bond donors (Lipinski definition) is 0. The molecule has 4 heterocycles. The SMILES string of the molecule is CC(C)(C)OC(=O)N1C[C@H]2CC[C@@H]1CN1C(=O)OC[C@H]21. The summed E-state index contributed by atoms with van der Waals surface area (Å²) >= 11 is 0. The third-order valence-electron chi connectivity index (χ3n) is 4.33. The zero-order valence-corrected chi connectivity index (χ0v) is 12.3. The van der Waals surface area contributed by atoms with Crippen LogP contribution in [0.1, 0.15) is 33.6 Å².